The first kappa shape index (κ1) is 18.7. The van der Waals surface area contributed by atoms with Crippen molar-refractivity contribution in [2.24, 2.45) is 0 Å². The van der Waals surface area contributed by atoms with Gasteiger partial charge in [0.25, 0.3) is 5.91 Å². The Kier molecular flexibility index (Phi) is 6.14. The van der Waals surface area contributed by atoms with E-state index in [-0.39, 0.29) is 11.8 Å². The summed E-state index contributed by atoms with van der Waals surface area (Å²) in [5.74, 6) is 0.277. The van der Waals surface area contributed by atoms with E-state index in [0.29, 0.717) is 38.2 Å². The standard InChI is InChI=1S/C20H30N4O2/c1-21(2)18-7-5-17(6-8-18)20(26)24-15-13-23(14-16-24)19(25)9-12-22-10-3-4-11-22/h5-8H,3-4,9-16H2,1-2H3. The third-order valence-electron chi connectivity index (χ3n) is 5.39. The van der Waals surface area contributed by atoms with Crippen LogP contribution in [0.3, 0.4) is 0 Å². The molecule has 2 saturated heterocycles. The third-order valence-corrected chi connectivity index (χ3v) is 5.39. The maximum Gasteiger partial charge on any atom is 0.253 e. The summed E-state index contributed by atoms with van der Waals surface area (Å²) in [6.07, 6.45) is 3.11. The van der Waals surface area contributed by atoms with Crippen molar-refractivity contribution in [1.82, 2.24) is 14.7 Å². The van der Waals surface area contributed by atoms with Crippen LogP contribution in [0.5, 0.6) is 0 Å². The molecule has 0 bridgehead atoms. The second kappa shape index (κ2) is 8.54. The quantitative estimate of drug-likeness (QED) is 0.801. The molecule has 0 spiro atoms. The second-order valence-electron chi connectivity index (χ2n) is 7.41. The van der Waals surface area contributed by atoms with Gasteiger partial charge in [0.05, 0.1) is 0 Å². The van der Waals surface area contributed by atoms with Gasteiger partial charge in [0.15, 0.2) is 0 Å². The Morgan fingerprint density at radius 2 is 1.46 bits per heavy atom. The summed E-state index contributed by atoms with van der Waals surface area (Å²) in [5.41, 5.74) is 1.79. The smallest absolute Gasteiger partial charge is 0.253 e. The fraction of sp³-hybridized carbons (Fsp3) is 0.600. The molecule has 2 heterocycles. The fourth-order valence-corrected chi connectivity index (χ4v) is 3.66. The number of hydrogen-bond donors (Lipinski definition) is 0. The molecule has 6 heteroatoms. The number of anilines is 1. The average Bonchev–Trinajstić information content (AvgIpc) is 3.19. The minimum atomic E-state index is 0.0551. The monoisotopic (exact) mass is 358 g/mol. The van der Waals surface area contributed by atoms with Crippen LogP contribution in [0, 0.1) is 0 Å². The number of benzene rings is 1. The van der Waals surface area contributed by atoms with Crippen LogP contribution in [-0.2, 0) is 4.79 Å². The average molecular weight is 358 g/mol. The van der Waals surface area contributed by atoms with Gasteiger partial charge in [-0.3, -0.25) is 9.59 Å². The number of hydrogen-bond acceptors (Lipinski definition) is 4. The number of rotatable bonds is 5. The van der Waals surface area contributed by atoms with Crippen molar-refractivity contribution in [3.63, 3.8) is 0 Å². The molecule has 0 saturated carbocycles. The molecule has 2 aliphatic heterocycles. The topological polar surface area (TPSA) is 47.1 Å². The summed E-state index contributed by atoms with van der Waals surface area (Å²) < 4.78 is 0. The molecule has 3 rings (SSSR count). The number of likely N-dealkylation sites (tertiary alicyclic amines) is 1. The Labute approximate surface area is 156 Å². The molecular weight excluding hydrogens is 328 g/mol. The summed E-state index contributed by atoms with van der Waals surface area (Å²) in [7, 11) is 3.97. The van der Waals surface area contributed by atoms with Crippen LogP contribution in [0.25, 0.3) is 0 Å². The number of piperazine rings is 1. The summed E-state index contributed by atoms with van der Waals surface area (Å²) >= 11 is 0. The molecule has 2 fully saturated rings. The Morgan fingerprint density at radius 3 is 2.04 bits per heavy atom. The van der Waals surface area contributed by atoms with Gasteiger partial charge in [-0.1, -0.05) is 0 Å². The minimum Gasteiger partial charge on any atom is -0.378 e. The van der Waals surface area contributed by atoms with E-state index in [1.165, 1.54) is 12.8 Å². The summed E-state index contributed by atoms with van der Waals surface area (Å²) in [4.78, 5) is 33.2. The zero-order valence-electron chi connectivity index (χ0n) is 16.0. The van der Waals surface area contributed by atoms with Gasteiger partial charge in [-0.25, -0.2) is 0 Å². The van der Waals surface area contributed by atoms with Crippen molar-refractivity contribution < 1.29 is 9.59 Å². The SMILES string of the molecule is CN(C)c1ccc(C(=O)N2CCN(C(=O)CCN3CCCC3)CC2)cc1. The van der Waals surface area contributed by atoms with Crippen molar-refractivity contribution in [1.29, 1.82) is 0 Å². The lowest BCUT2D eigenvalue weighted by Crippen LogP contribution is -2.51. The van der Waals surface area contributed by atoms with Gasteiger partial charge >= 0.3 is 0 Å². The van der Waals surface area contributed by atoms with Gasteiger partial charge in [0, 0.05) is 64.5 Å². The molecule has 1 aromatic carbocycles. The first-order chi connectivity index (χ1) is 12.5. The van der Waals surface area contributed by atoms with Crippen molar-refractivity contribution in [3.05, 3.63) is 29.8 Å². The lowest BCUT2D eigenvalue weighted by atomic mass is 10.1. The Hall–Kier alpha value is -2.08. The second-order valence-corrected chi connectivity index (χ2v) is 7.41. The first-order valence-electron chi connectivity index (χ1n) is 9.61. The van der Waals surface area contributed by atoms with Crippen LogP contribution in [0.2, 0.25) is 0 Å². The molecule has 0 radical (unpaired) electrons. The van der Waals surface area contributed by atoms with Gasteiger partial charge in [0.2, 0.25) is 5.91 Å². The Balaban J connectivity index is 1.46. The molecule has 0 N–H and O–H groups in total. The lowest BCUT2D eigenvalue weighted by molar-refractivity contribution is -0.133. The van der Waals surface area contributed by atoms with Crippen molar-refractivity contribution >= 4 is 17.5 Å². The zero-order chi connectivity index (χ0) is 18.5. The first-order valence-corrected chi connectivity index (χ1v) is 9.61. The van der Waals surface area contributed by atoms with Crippen LogP contribution >= 0.6 is 0 Å². The number of carbonyl (C=O) groups excluding carboxylic acids is 2. The van der Waals surface area contributed by atoms with Crippen LogP contribution in [0.15, 0.2) is 24.3 Å². The number of carbonyl (C=O) groups is 2. The van der Waals surface area contributed by atoms with E-state index in [1.807, 2.05) is 53.1 Å². The molecule has 0 atom stereocenters. The normalized spacial score (nSPS) is 18.2. The predicted octanol–water partition coefficient (Wildman–Crippen LogP) is 1.52. The van der Waals surface area contributed by atoms with Crippen LogP contribution < -0.4 is 4.90 Å². The summed E-state index contributed by atoms with van der Waals surface area (Å²) in [6.45, 7) is 5.63. The molecule has 2 aliphatic rings. The van der Waals surface area contributed by atoms with Gasteiger partial charge in [-0.15, -0.1) is 0 Å². The van der Waals surface area contributed by atoms with E-state index in [1.54, 1.807) is 0 Å². The maximum atomic E-state index is 12.7. The van der Waals surface area contributed by atoms with E-state index in [0.717, 1.165) is 25.3 Å². The molecule has 6 nitrogen and oxygen atoms in total. The zero-order valence-corrected chi connectivity index (χ0v) is 16.0. The molecule has 1 aromatic rings. The highest BCUT2D eigenvalue weighted by Crippen LogP contribution is 2.15. The molecule has 0 aromatic heterocycles. The van der Waals surface area contributed by atoms with Crippen molar-refractivity contribution in [3.8, 4) is 0 Å². The molecule has 0 aliphatic carbocycles. The summed E-state index contributed by atoms with van der Waals surface area (Å²) in [5, 5.41) is 0. The van der Waals surface area contributed by atoms with E-state index in [2.05, 4.69) is 4.90 Å². The maximum absolute atomic E-state index is 12.7. The van der Waals surface area contributed by atoms with Crippen LogP contribution in [-0.4, -0.2) is 86.4 Å². The van der Waals surface area contributed by atoms with Crippen LogP contribution in [0.4, 0.5) is 5.69 Å². The van der Waals surface area contributed by atoms with E-state index < -0.39 is 0 Å². The summed E-state index contributed by atoms with van der Waals surface area (Å²) in [6, 6.07) is 7.69. The van der Waals surface area contributed by atoms with Gasteiger partial charge < -0.3 is 19.6 Å². The number of nitrogens with zero attached hydrogens (tertiary/aromatic N) is 4. The fourth-order valence-electron chi connectivity index (χ4n) is 3.66. The molecule has 142 valence electrons. The highest BCUT2D eigenvalue weighted by atomic mass is 16.2. The predicted molar refractivity (Wildman–Crippen MR) is 104 cm³/mol. The lowest BCUT2D eigenvalue weighted by Gasteiger charge is -2.35. The molecule has 26 heavy (non-hydrogen) atoms. The van der Waals surface area contributed by atoms with E-state index >= 15 is 0 Å². The van der Waals surface area contributed by atoms with Gasteiger partial charge in [0.1, 0.15) is 0 Å². The molecule has 2 amide bonds. The Morgan fingerprint density at radius 1 is 0.885 bits per heavy atom. The highest BCUT2D eigenvalue weighted by molar-refractivity contribution is 5.94. The third kappa shape index (κ3) is 4.55. The molecule has 0 unspecified atom stereocenters. The van der Waals surface area contributed by atoms with Crippen LogP contribution in [0.1, 0.15) is 29.6 Å². The van der Waals surface area contributed by atoms with Gasteiger partial charge in [-0.2, -0.15) is 0 Å². The Bertz CT molecular complexity index is 615. The van der Waals surface area contributed by atoms with Gasteiger partial charge in [-0.05, 0) is 50.2 Å². The van der Waals surface area contributed by atoms with Crippen molar-refractivity contribution in [2.75, 3.05) is 64.8 Å². The molecular formula is C20H30N4O2. The largest absolute Gasteiger partial charge is 0.378 e. The highest BCUT2D eigenvalue weighted by Gasteiger charge is 2.25. The van der Waals surface area contributed by atoms with E-state index in [4.69, 9.17) is 0 Å². The minimum absolute atomic E-state index is 0.0551. The van der Waals surface area contributed by atoms with Crippen molar-refractivity contribution in [2.45, 2.75) is 19.3 Å². The van der Waals surface area contributed by atoms with E-state index in [9.17, 15) is 9.59 Å². The number of amides is 2.